The number of amides is 1. The first-order chi connectivity index (χ1) is 19.9. The largest absolute Gasteiger partial charge is 0.456 e. The van der Waals surface area contributed by atoms with Gasteiger partial charge in [0.15, 0.2) is 0 Å². The quantitative estimate of drug-likeness (QED) is 0.152. The molecule has 4 rings (SSSR count). The zero-order valence-corrected chi connectivity index (χ0v) is 25.2. The fraction of sp³-hybridized carbons (Fsp3) is 0.382. The standard InChI is InChI=1S/C34H41ClN2O4/c1-24-9-12-29-31(21-24)41-32-23-27(37(3)4)11-14-30(32)33(29)28-13-10-26(22-25(28)2)34(38)36-16-18-40-20-19-39-17-8-6-5-7-15-35/h9-14,21-23H,1,5-8,15-20H2,2-4H3,(H,36,38). The Kier molecular flexibility index (Phi) is 11.3. The number of unbranched alkanes of at least 4 members (excludes halogenated alkanes) is 3. The number of rotatable bonds is 15. The van der Waals surface area contributed by atoms with Crippen LogP contribution in [-0.4, -0.2) is 58.9 Å². The molecule has 7 heteroatoms. The Morgan fingerprint density at radius 1 is 0.878 bits per heavy atom. The third-order valence-corrected chi connectivity index (χ3v) is 7.39. The number of carbonyl (C=O) groups excluding carboxylic acids is 1. The smallest absolute Gasteiger partial charge is 0.251 e. The van der Waals surface area contributed by atoms with E-state index in [9.17, 15) is 4.79 Å². The third kappa shape index (κ3) is 8.13. The first-order valence-corrected chi connectivity index (χ1v) is 14.9. The van der Waals surface area contributed by atoms with Crippen LogP contribution in [0.5, 0.6) is 11.5 Å². The zero-order chi connectivity index (χ0) is 29.2. The minimum Gasteiger partial charge on any atom is -0.456 e. The second-order valence-electron chi connectivity index (χ2n) is 10.5. The Morgan fingerprint density at radius 3 is 2.39 bits per heavy atom. The molecule has 6 nitrogen and oxygen atoms in total. The van der Waals surface area contributed by atoms with Gasteiger partial charge in [0.2, 0.25) is 0 Å². The number of hydrogen-bond acceptors (Lipinski definition) is 5. The predicted molar refractivity (Wildman–Crippen MR) is 168 cm³/mol. The van der Waals surface area contributed by atoms with Gasteiger partial charge in [0.1, 0.15) is 11.5 Å². The molecule has 218 valence electrons. The summed E-state index contributed by atoms with van der Waals surface area (Å²) in [6.07, 6.45) is 4.40. The number of carbonyl (C=O) groups is 1. The van der Waals surface area contributed by atoms with Crippen LogP contribution in [0.25, 0.3) is 12.2 Å². The van der Waals surface area contributed by atoms with E-state index in [-0.39, 0.29) is 5.91 Å². The molecule has 1 aliphatic rings. The minimum atomic E-state index is -0.119. The van der Waals surface area contributed by atoms with Gasteiger partial charge >= 0.3 is 0 Å². The molecule has 1 N–H and O–H groups in total. The van der Waals surface area contributed by atoms with Gasteiger partial charge in [-0.1, -0.05) is 37.6 Å². The fourth-order valence-corrected chi connectivity index (χ4v) is 5.08. The van der Waals surface area contributed by atoms with E-state index in [1.807, 2.05) is 51.4 Å². The normalized spacial score (nSPS) is 12.0. The molecule has 0 radical (unpaired) electrons. The fourth-order valence-electron chi connectivity index (χ4n) is 4.89. The number of alkyl halides is 1. The van der Waals surface area contributed by atoms with Crippen molar-refractivity contribution in [3.63, 3.8) is 0 Å². The molecule has 0 bridgehead atoms. The average molecular weight is 577 g/mol. The highest BCUT2D eigenvalue weighted by Gasteiger charge is 2.22. The van der Waals surface area contributed by atoms with Crippen LogP contribution in [0.4, 0.5) is 5.69 Å². The highest BCUT2D eigenvalue weighted by atomic mass is 35.5. The summed E-state index contributed by atoms with van der Waals surface area (Å²) in [7, 11) is 4.03. The van der Waals surface area contributed by atoms with Crippen LogP contribution in [0.1, 0.15) is 52.7 Å². The van der Waals surface area contributed by atoms with Crippen molar-refractivity contribution in [3.05, 3.63) is 87.3 Å². The number of ether oxygens (including phenoxy) is 3. The Balaban J connectivity index is 1.38. The molecule has 0 unspecified atom stereocenters. The predicted octanol–water partition coefficient (Wildman–Crippen LogP) is 5.39. The lowest BCUT2D eigenvalue weighted by atomic mass is 9.89. The van der Waals surface area contributed by atoms with E-state index in [1.54, 1.807) is 0 Å². The van der Waals surface area contributed by atoms with Crippen molar-refractivity contribution in [2.24, 2.45) is 0 Å². The molecule has 3 aromatic carbocycles. The number of halogens is 1. The van der Waals surface area contributed by atoms with Gasteiger partial charge in [-0.2, -0.15) is 0 Å². The summed E-state index contributed by atoms with van der Waals surface area (Å²) in [5.74, 6) is 2.20. The van der Waals surface area contributed by atoms with Crippen LogP contribution >= 0.6 is 11.6 Å². The van der Waals surface area contributed by atoms with Gasteiger partial charge in [0.05, 0.1) is 19.8 Å². The number of nitrogens with zero attached hydrogens (tertiary/aromatic N) is 1. The summed E-state index contributed by atoms with van der Waals surface area (Å²) < 4.78 is 17.5. The molecule has 0 saturated heterocycles. The van der Waals surface area contributed by atoms with Gasteiger partial charge in [0, 0.05) is 66.8 Å². The summed E-state index contributed by atoms with van der Waals surface area (Å²) in [5, 5.41) is 4.86. The molecule has 3 aromatic rings. The molecule has 1 amide bonds. The van der Waals surface area contributed by atoms with Crippen LogP contribution in [0.3, 0.4) is 0 Å². The van der Waals surface area contributed by atoms with Gasteiger partial charge < -0.3 is 24.4 Å². The number of aryl methyl sites for hydroxylation is 1. The van der Waals surface area contributed by atoms with E-state index in [0.717, 1.165) is 88.1 Å². The highest BCUT2D eigenvalue weighted by molar-refractivity contribution is 6.17. The van der Waals surface area contributed by atoms with Crippen LogP contribution in [0.15, 0.2) is 54.6 Å². The molecule has 1 aliphatic heterocycles. The van der Waals surface area contributed by atoms with Crippen LogP contribution in [-0.2, 0) is 9.47 Å². The van der Waals surface area contributed by atoms with Gasteiger partial charge in [-0.25, -0.2) is 0 Å². The number of anilines is 1. The third-order valence-electron chi connectivity index (χ3n) is 7.12. The molecular formula is C34H41ClN2O4. The van der Waals surface area contributed by atoms with Crippen LogP contribution in [0.2, 0.25) is 0 Å². The van der Waals surface area contributed by atoms with E-state index in [0.29, 0.717) is 31.9 Å². The monoisotopic (exact) mass is 576 g/mol. The average Bonchev–Trinajstić information content (AvgIpc) is 2.96. The first-order valence-electron chi connectivity index (χ1n) is 14.3. The van der Waals surface area contributed by atoms with Gasteiger partial charge in [-0.3, -0.25) is 4.79 Å². The molecule has 0 saturated carbocycles. The van der Waals surface area contributed by atoms with Crippen molar-refractivity contribution >= 4 is 35.3 Å². The molecule has 0 aliphatic carbocycles. The molecular weight excluding hydrogens is 536 g/mol. The van der Waals surface area contributed by atoms with Crippen molar-refractivity contribution in [1.82, 2.24) is 5.32 Å². The molecule has 0 aromatic heterocycles. The second kappa shape index (κ2) is 15.1. The maximum Gasteiger partial charge on any atom is 0.251 e. The molecule has 1 heterocycles. The summed E-state index contributed by atoms with van der Waals surface area (Å²) >= 11 is 5.69. The number of fused-ring (bicyclic) bond motifs is 2. The Labute approximate surface area is 248 Å². The summed E-state index contributed by atoms with van der Waals surface area (Å²) in [6.45, 7) is 8.82. The van der Waals surface area contributed by atoms with Crippen molar-refractivity contribution in [2.45, 2.75) is 32.6 Å². The van der Waals surface area contributed by atoms with Crippen LogP contribution < -0.4 is 25.4 Å². The minimum absolute atomic E-state index is 0.119. The number of hydrogen-bond donors (Lipinski definition) is 1. The number of nitrogens with one attached hydrogen (secondary N) is 1. The Bertz CT molecular complexity index is 1450. The summed E-state index contributed by atoms with van der Waals surface area (Å²) in [5.41, 5.74) is 5.86. The van der Waals surface area contributed by atoms with Crippen LogP contribution in [0, 0.1) is 6.92 Å². The topological polar surface area (TPSA) is 60.0 Å². The summed E-state index contributed by atoms with van der Waals surface area (Å²) in [6, 6.07) is 18.1. The summed E-state index contributed by atoms with van der Waals surface area (Å²) in [4.78, 5) is 14.9. The lowest BCUT2D eigenvalue weighted by Gasteiger charge is -2.24. The molecule has 0 spiro atoms. The highest BCUT2D eigenvalue weighted by Crippen LogP contribution is 2.38. The van der Waals surface area contributed by atoms with Crippen molar-refractivity contribution in [3.8, 4) is 11.5 Å². The van der Waals surface area contributed by atoms with E-state index in [1.165, 1.54) is 0 Å². The SMILES string of the molecule is C=c1ccc2c(c1)Oc1cc(N(C)C)ccc1C=2c1ccc(C(=O)NCCOCCOCCCCCCCl)cc1C. The van der Waals surface area contributed by atoms with Crippen molar-refractivity contribution in [2.75, 3.05) is 57.8 Å². The van der Waals surface area contributed by atoms with Gasteiger partial charge in [-0.15, -0.1) is 11.6 Å². The van der Waals surface area contributed by atoms with Crippen molar-refractivity contribution < 1.29 is 19.0 Å². The Morgan fingerprint density at radius 2 is 1.63 bits per heavy atom. The first kappa shape index (κ1) is 30.6. The number of benzene rings is 3. The lowest BCUT2D eigenvalue weighted by molar-refractivity contribution is 0.0468. The molecule has 41 heavy (non-hydrogen) atoms. The second-order valence-corrected chi connectivity index (χ2v) is 10.9. The maximum atomic E-state index is 12.9. The van der Waals surface area contributed by atoms with E-state index in [2.05, 4.69) is 41.1 Å². The zero-order valence-electron chi connectivity index (χ0n) is 24.4. The lowest BCUT2D eigenvalue weighted by Crippen LogP contribution is -2.27. The van der Waals surface area contributed by atoms with E-state index >= 15 is 0 Å². The van der Waals surface area contributed by atoms with Crippen molar-refractivity contribution in [1.29, 1.82) is 0 Å². The molecule has 0 fully saturated rings. The van der Waals surface area contributed by atoms with Gasteiger partial charge in [0.25, 0.3) is 5.91 Å². The molecule has 0 atom stereocenters. The Hall–Kier alpha value is -3.32. The van der Waals surface area contributed by atoms with Gasteiger partial charge in [-0.05, 0) is 66.4 Å². The van der Waals surface area contributed by atoms with E-state index < -0.39 is 0 Å². The van der Waals surface area contributed by atoms with E-state index in [4.69, 9.17) is 25.8 Å². The maximum absolute atomic E-state index is 12.9.